The fraction of sp³-hybridized carbons (Fsp3) is 0.0667. The highest BCUT2D eigenvalue weighted by Gasteiger charge is 2.40. The Kier molecular flexibility index (Phi) is 5.63. The molecule has 10 rings (SSSR count). The van der Waals surface area contributed by atoms with Crippen LogP contribution in [0, 0.1) is 0 Å². The molecule has 0 atom stereocenters. The molecule has 6 aromatic carbocycles. The summed E-state index contributed by atoms with van der Waals surface area (Å²) in [4.78, 5) is 10.6. The average molecular weight is 614 g/mol. The molecule has 0 spiro atoms. The molecule has 48 heavy (non-hydrogen) atoms. The first-order chi connectivity index (χ1) is 23.6. The highest BCUT2D eigenvalue weighted by atomic mass is 15.1. The minimum Gasteiger partial charge on any atom is -0.293 e. The zero-order valence-electron chi connectivity index (χ0n) is 26.8. The van der Waals surface area contributed by atoms with Crippen LogP contribution in [0.2, 0.25) is 0 Å². The summed E-state index contributed by atoms with van der Waals surface area (Å²) in [6.07, 6.45) is 1.91. The Labute approximate surface area is 278 Å². The summed E-state index contributed by atoms with van der Waals surface area (Å²) < 4.78 is 2.44. The van der Waals surface area contributed by atoms with Gasteiger partial charge in [-0.25, -0.2) is 4.98 Å². The second kappa shape index (κ2) is 9.97. The van der Waals surface area contributed by atoms with Gasteiger partial charge >= 0.3 is 0 Å². The van der Waals surface area contributed by atoms with E-state index >= 15 is 0 Å². The Morgan fingerprint density at radius 1 is 0.542 bits per heavy atom. The van der Waals surface area contributed by atoms with E-state index in [0.29, 0.717) is 0 Å². The molecule has 0 N–H and O–H groups in total. The number of fused-ring (bicyclic) bond motifs is 11. The topological polar surface area (TPSA) is 30.7 Å². The van der Waals surface area contributed by atoms with Crippen LogP contribution in [0.15, 0.2) is 152 Å². The van der Waals surface area contributed by atoms with Crippen molar-refractivity contribution in [3.05, 3.63) is 163 Å². The molecule has 3 heteroatoms. The summed E-state index contributed by atoms with van der Waals surface area (Å²) in [5.41, 5.74) is 13.7. The Bertz CT molecular complexity index is 2740. The van der Waals surface area contributed by atoms with Crippen LogP contribution in [0.4, 0.5) is 0 Å². The molecule has 0 fully saturated rings. The van der Waals surface area contributed by atoms with Crippen LogP contribution in [0.3, 0.4) is 0 Å². The number of para-hydroxylation sites is 1. The minimum absolute atomic E-state index is 0.226. The quantitative estimate of drug-likeness (QED) is 0.198. The van der Waals surface area contributed by atoms with E-state index in [4.69, 9.17) is 9.97 Å². The molecule has 1 aliphatic carbocycles. The van der Waals surface area contributed by atoms with Gasteiger partial charge in [0.1, 0.15) is 5.82 Å². The summed E-state index contributed by atoms with van der Waals surface area (Å²) >= 11 is 0. The maximum absolute atomic E-state index is 5.58. The van der Waals surface area contributed by atoms with Crippen molar-refractivity contribution >= 4 is 43.6 Å². The normalized spacial score (nSPS) is 13.4. The van der Waals surface area contributed by atoms with E-state index in [1.54, 1.807) is 0 Å². The van der Waals surface area contributed by atoms with E-state index in [1.165, 1.54) is 49.3 Å². The van der Waals surface area contributed by atoms with Gasteiger partial charge < -0.3 is 0 Å². The highest BCUT2D eigenvalue weighted by Crippen LogP contribution is 2.56. The molecule has 0 saturated heterocycles. The Hall–Kier alpha value is -6.06. The van der Waals surface area contributed by atoms with Gasteiger partial charge in [-0.15, -0.1) is 0 Å². The monoisotopic (exact) mass is 613 g/mol. The van der Waals surface area contributed by atoms with Crippen LogP contribution < -0.4 is 0 Å². The largest absolute Gasteiger partial charge is 0.293 e. The van der Waals surface area contributed by atoms with Crippen LogP contribution in [-0.2, 0) is 5.41 Å². The lowest BCUT2D eigenvalue weighted by Gasteiger charge is -2.24. The van der Waals surface area contributed by atoms with Gasteiger partial charge in [-0.2, -0.15) is 0 Å². The SMILES string of the molecule is CC1(C)c2ccccc2-c2c1c1c(c3ccccc23)c2ccccc2n1-c1cc(-c2ccccc2)c2nccc(-c3ccccc3)c2n1. The van der Waals surface area contributed by atoms with Gasteiger partial charge in [-0.05, 0) is 62.4 Å². The summed E-state index contributed by atoms with van der Waals surface area (Å²) in [7, 11) is 0. The van der Waals surface area contributed by atoms with Crippen molar-refractivity contribution in [2.45, 2.75) is 19.3 Å². The number of benzene rings is 6. The molecular formula is C45H31N3. The van der Waals surface area contributed by atoms with Crippen molar-refractivity contribution in [3.8, 4) is 39.2 Å². The summed E-state index contributed by atoms with van der Waals surface area (Å²) in [6, 6.07) is 52.3. The average Bonchev–Trinajstić information content (AvgIpc) is 3.61. The van der Waals surface area contributed by atoms with E-state index in [0.717, 1.165) is 44.6 Å². The predicted molar refractivity (Wildman–Crippen MR) is 200 cm³/mol. The first-order valence-electron chi connectivity index (χ1n) is 16.6. The molecule has 0 bridgehead atoms. The van der Waals surface area contributed by atoms with Crippen LogP contribution in [0.1, 0.15) is 25.0 Å². The van der Waals surface area contributed by atoms with Gasteiger partial charge in [0.25, 0.3) is 0 Å². The van der Waals surface area contributed by atoms with Gasteiger partial charge in [-0.1, -0.05) is 141 Å². The van der Waals surface area contributed by atoms with E-state index in [9.17, 15) is 0 Å². The first kappa shape index (κ1) is 27.1. The lowest BCUT2D eigenvalue weighted by molar-refractivity contribution is 0.664. The van der Waals surface area contributed by atoms with Crippen molar-refractivity contribution in [2.24, 2.45) is 0 Å². The third-order valence-electron chi connectivity index (χ3n) is 10.4. The molecule has 3 heterocycles. The number of hydrogen-bond donors (Lipinski definition) is 0. The van der Waals surface area contributed by atoms with E-state index in [-0.39, 0.29) is 5.41 Å². The maximum atomic E-state index is 5.58. The van der Waals surface area contributed by atoms with E-state index in [1.807, 2.05) is 6.20 Å². The molecule has 0 amide bonds. The summed E-state index contributed by atoms with van der Waals surface area (Å²) in [6.45, 7) is 4.77. The van der Waals surface area contributed by atoms with Gasteiger partial charge in [0.2, 0.25) is 0 Å². The smallest absolute Gasteiger partial charge is 0.139 e. The van der Waals surface area contributed by atoms with Crippen molar-refractivity contribution in [1.29, 1.82) is 0 Å². The van der Waals surface area contributed by atoms with Crippen molar-refractivity contribution < 1.29 is 0 Å². The van der Waals surface area contributed by atoms with Gasteiger partial charge in [0.15, 0.2) is 0 Å². The maximum Gasteiger partial charge on any atom is 0.139 e. The second-order valence-corrected chi connectivity index (χ2v) is 13.4. The number of pyridine rings is 2. The van der Waals surface area contributed by atoms with Crippen LogP contribution in [-0.4, -0.2) is 14.5 Å². The Balaban J connectivity index is 1.43. The molecular weight excluding hydrogens is 583 g/mol. The number of rotatable bonds is 3. The van der Waals surface area contributed by atoms with Crippen molar-refractivity contribution in [3.63, 3.8) is 0 Å². The third kappa shape index (κ3) is 3.64. The second-order valence-electron chi connectivity index (χ2n) is 13.4. The van der Waals surface area contributed by atoms with Crippen LogP contribution >= 0.6 is 0 Å². The Morgan fingerprint density at radius 2 is 1.17 bits per heavy atom. The van der Waals surface area contributed by atoms with E-state index < -0.39 is 0 Å². The number of nitrogens with zero attached hydrogens (tertiary/aromatic N) is 3. The zero-order chi connectivity index (χ0) is 32.0. The van der Waals surface area contributed by atoms with E-state index in [2.05, 4.69) is 164 Å². The fourth-order valence-corrected chi connectivity index (χ4v) is 8.34. The summed E-state index contributed by atoms with van der Waals surface area (Å²) in [5, 5.41) is 5.08. The van der Waals surface area contributed by atoms with Gasteiger partial charge in [-0.3, -0.25) is 9.55 Å². The fourth-order valence-electron chi connectivity index (χ4n) is 8.34. The van der Waals surface area contributed by atoms with Gasteiger partial charge in [0.05, 0.1) is 22.1 Å². The van der Waals surface area contributed by atoms with Gasteiger partial charge in [0, 0.05) is 33.5 Å². The molecule has 3 aromatic heterocycles. The minimum atomic E-state index is -0.226. The lowest BCUT2D eigenvalue weighted by atomic mass is 9.80. The van der Waals surface area contributed by atoms with Crippen LogP contribution in [0.25, 0.3) is 82.8 Å². The van der Waals surface area contributed by atoms with Crippen molar-refractivity contribution in [2.75, 3.05) is 0 Å². The standard InChI is InChI=1S/C45H31N3/c1-45(2)36-23-13-11-21-33(36)39-31-19-9-10-20-32(31)40-34-22-12-14-24-37(34)48(44(40)41(39)45)38-27-35(29-17-7-4-8-18-29)42-43(47-38)30(25-26-46-42)28-15-5-3-6-16-28/h3-27H,1-2H3. The molecule has 0 aliphatic heterocycles. The van der Waals surface area contributed by atoms with Crippen LogP contribution in [0.5, 0.6) is 0 Å². The molecule has 0 unspecified atom stereocenters. The lowest BCUT2D eigenvalue weighted by Crippen LogP contribution is -2.17. The Morgan fingerprint density at radius 3 is 1.94 bits per heavy atom. The number of hydrogen-bond acceptors (Lipinski definition) is 2. The highest BCUT2D eigenvalue weighted by molar-refractivity contribution is 6.27. The molecule has 1 aliphatic rings. The molecule has 0 radical (unpaired) electrons. The summed E-state index contributed by atoms with van der Waals surface area (Å²) in [5.74, 6) is 0.891. The molecule has 3 nitrogen and oxygen atoms in total. The molecule has 9 aromatic rings. The molecule has 226 valence electrons. The first-order valence-corrected chi connectivity index (χ1v) is 16.6. The van der Waals surface area contributed by atoms with Crippen molar-refractivity contribution in [1.82, 2.24) is 14.5 Å². The number of aromatic nitrogens is 3. The zero-order valence-corrected chi connectivity index (χ0v) is 26.8. The third-order valence-corrected chi connectivity index (χ3v) is 10.4. The predicted octanol–water partition coefficient (Wildman–Crippen LogP) is 11.5. The molecule has 0 saturated carbocycles.